The van der Waals surface area contributed by atoms with Gasteiger partial charge in [0.15, 0.2) is 0 Å². The maximum Gasteiger partial charge on any atom is 0.258 e. The van der Waals surface area contributed by atoms with E-state index >= 15 is 0 Å². The van der Waals surface area contributed by atoms with Crippen LogP contribution in [-0.4, -0.2) is 18.2 Å². The third-order valence-electron chi connectivity index (χ3n) is 4.31. The molecule has 128 valence electrons. The second-order valence-corrected chi connectivity index (χ2v) is 6.04. The van der Waals surface area contributed by atoms with Gasteiger partial charge in [-0.25, -0.2) is 16.3 Å². The lowest BCUT2D eigenvalue weighted by molar-refractivity contribution is -0.123. The fraction of sp³-hybridized carbons (Fsp3) is 0.200. The van der Waals surface area contributed by atoms with Gasteiger partial charge in [-0.3, -0.25) is 4.79 Å². The number of carbonyl (C=O) groups excluding carboxylic acids is 1. The average molecular weight is 334 g/mol. The van der Waals surface area contributed by atoms with Gasteiger partial charge in [-0.05, 0) is 17.2 Å². The maximum atomic E-state index is 12.3. The molecule has 1 aliphatic heterocycles. The first-order chi connectivity index (χ1) is 12.3. The van der Waals surface area contributed by atoms with E-state index < -0.39 is 0 Å². The van der Waals surface area contributed by atoms with E-state index in [9.17, 15) is 4.79 Å². The van der Waals surface area contributed by atoms with E-state index in [4.69, 9.17) is 0 Å². The molecule has 3 N–H and O–H groups in total. The van der Waals surface area contributed by atoms with Crippen molar-refractivity contribution in [3.05, 3.63) is 77.9 Å². The van der Waals surface area contributed by atoms with Gasteiger partial charge in [0.25, 0.3) is 5.91 Å². The Kier molecular flexibility index (Phi) is 5.72. The molecule has 1 amide bonds. The largest absolute Gasteiger partial charge is 0.271 e. The summed E-state index contributed by atoms with van der Waals surface area (Å²) in [7, 11) is 0. The predicted octanol–water partition coefficient (Wildman–Crippen LogP) is 2.66. The first kappa shape index (κ1) is 17.1. The van der Waals surface area contributed by atoms with Crippen molar-refractivity contribution in [2.45, 2.75) is 19.0 Å². The molecule has 0 saturated carbocycles. The van der Waals surface area contributed by atoms with Gasteiger partial charge in [0.05, 0.1) is 6.04 Å². The van der Waals surface area contributed by atoms with Crippen LogP contribution in [0.2, 0.25) is 0 Å². The summed E-state index contributed by atoms with van der Waals surface area (Å²) in [6.07, 6.45) is 5.30. The van der Waals surface area contributed by atoms with Crippen LogP contribution in [0.4, 0.5) is 0 Å². The number of hydrogen-bond acceptors (Lipinski definition) is 4. The van der Waals surface area contributed by atoms with Gasteiger partial charge in [-0.15, -0.1) is 0 Å². The molecule has 5 heteroatoms. The molecule has 3 rings (SSSR count). The Hall–Kier alpha value is -2.76. The minimum atomic E-state index is -0.333. The molecule has 5 nitrogen and oxygen atoms in total. The highest BCUT2D eigenvalue weighted by Crippen LogP contribution is 2.28. The van der Waals surface area contributed by atoms with Crippen LogP contribution in [0.15, 0.2) is 71.8 Å². The summed E-state index contributed by atoms with van der Waals surface area (Å²) in [6.45, 7) is 2.05. The van der Waals surface area contributed by atoms with Crippen molar-refractivity contribution in [1.82, 2.24) is 16.3 Å². The fourth-order valence-electron chi connectivity index (χ4n) is 2.92. The summed E-state index contributed by atoms with van der Waals surface area (Å²) in [5.41, 5.74) is 11.1. The Morgan fingerprint density at radius 3 is 2.44 bits per heavy atom. The minimum Gasteiger partial charge on any atom is -0.271 e. The van der Waals surface area contributed by atoms with Gasteiger partial charge in [0.2, 0.25) is 0 Å². The van der Waals surface area contributed by atoms with Gasteiger partial charge in [-0.2, -0.15) is 5.10 Å². The zero-order chi connectivity index (χ0) is 17.5. The van der Waals surface area contributed by atoms with Crippen LogP contribution >= 0.6 is 0 Å². The second-order valence-electron chi connectivity index (χ2n) is 6.04. The van der Waals surface area contributed by atoms with Crippen LogP contribution in [-0.2, 0) is 4.79 Å². The zero-order valence-corrected chi connectivity index (χ0v) is 14.1. The molecule has 0 radical (unpaired) electrons. The number of nitrogens with zero attached hydrogens (tertiary/aromatic N) is 1. The van der Waals surface area contributed by atoms with Crippen molar-refractivity contribution in [2.75, 3.05) is 0 Å². The van der Waals surface area contributed by atoms with E-state index in [-0.39, 0.29) is 23.9 Å². The summed E-state index contributed by atoms with van der Waals surface area (Å²) in [5, 5.41) is 3.98. The van der Waals surface area contributed by atoms with E-state index in [0.717, 1.165) is 11.1 Å². The molecule has 1 aliphatic rings. The number of amides is 1. The maximum absolute atomic E-state index is 12.3. The topological polar surface area (TPSA) is 65.5 Å². The molecule has 1 heterocycles. The molecule has 0 bridgehead atoms. The van der Waals surface area contributed by atoms with Crippen LogP contribution in [0.5, 0.6) is 0 Å². The monoisotopic (exact) mass is 334 g/mol. The van der Waals surface area contributed by atoms with Crippen molar-refractivity contribution < 1.29 is 4.79 Å². The number of hydrogen-bond donors (Lipinski definition) is 3. The highest BCUT2D eigenvalue weighted by Gasteiger charge is 2.37. The molecule has 2 aromatic carbocycles. The van der Waals surface area contributed by atoms with Crippen molar-refractivity contribution in [3.63, 3.8) is 0 Å². The molecule has 0 aliphatic carbocycles. The summed E-state index contributed by atoms with van der Waals surface area (Å²) in [4.78, 5) is 12.3. The van der Waals surface area contributed by atoms with Crippen LogP contribution in [0.1, 0.15) is 24.1 Å². The van der Waals surface area contributed by atoms with Crippen molar-refractivity contribution in [2.24, 2.45) is 11.0 Å². The smallest absolute Gasteiger partial charge is 0.258 e. The Morgan fingerprint density at radius 2 is 1.72 bits per heavy atom. The second kappa shape index (κ2) is 8.37. The van der Waals surface area contributed by atoms with Gasteiger partial charge >= 0.3 is 0 Å². The molecular weight excluding hydrogens is 312 g/mol. The average Bonchev–Trinajstić information content (AvgIpc) is 3.04. The number of hydrazone groups is 1. The quantitative estimate of drug-likeness (QED) is 0.582. The number of carbonyl (C=O) groups is 1. The first-order valence-electron chi connectivity index (χ1n) is 8.36. The van der Waals surface area contributed by atoms with Gasteiger partial charge in [0, 0.05) is 12.1 Å². The van der Waals surface area contributed by atoms with Crippen LogP contribution in [0.3, 0.4) is 0 Å². The Morgan fingerprint density at radius 1 is 1.04 bits per heavy atom. The van der Waals surface area contributed by atoms with Crippen molar-refractivity contribution >= 4 is 18.2 Å². The molecule has 2 aromatic rings. The lowest BCUT2D eigenvalue weighted by Crippen LogP contribution is -2.43. The van der Waals surface area contributed by atoms with E-state index in [1.165, 1.54) is 0 Å². The van der Waals surface area contributed by atoms with Crippen LogP contribution in [0.25, 0.3) is 6.08 Å². The van der Waals surface area contributed by atoms with E-state index in [2.05, 4.69) is 33.5 Å². The molecule has 1 fully saturated rings. The van der Waals surface area contributed by atoms with E-state index in [1.54, 1.807) is 12.3 Å². The third-order valence-corrected chi connectivity index (χ3v) is 4.31. The number of hydrazine groups is 1. The standard InChI is InChI=1S/C20H22N4O/c1-15-18(17-12-6-3-7-13-17)22-23-19(15)20(25)24-21-14-8-11-16-9-4-2-5-10-16/h2-15,18-19,22-23H,1H3,(H,24,25)/b11-8+,21-14+. The molecule has 3 atom stereocenters. The summed E-state index contributed by atoms with van der Waals surface area (Å²) in [5.74, 6) is -0.0414. The van der Waals surface area contributed by atoms with Gasteiger partial charge in [-0.1, -0.05) is 73.7 Å². The van der Waals surface area contributed by atoms with Gasteiger partial charge < -0.3 is 0 Å². The molecular formula is C20H22N4O. The molecule has 0 spiro atoms. The van der Waals surface area contributed by atoms with Crippen LogP contribution in [0, 0.1) is 5.92 Å². The molecule has 1 saturated heterocycles. The summed E-state index contributed by atoms with van der Waals surface area (Å²) < 4.78 is 0. The number of benzene rings is 2. The Bertz CT molecular complexity index is 743. The highest BCUT2D eigenvalue weighted by molar-refractivity contribution is 5.84. The number of allylic oxidation sites excluding steroid dienone is 1. The van der Waals surface area contributed by atoms with E-state index in [0.29, 0.717) is 0 Å². The Labute approximate surface area is 147 Å². The highest BCUT2D eigenvalue weighted by atomic mass is 16.2. The first-order valence-corrected chi connectivity index (χ1v) is 8.36. The Balaban J connectivity index is 1.52. The molecule has 0 aromatic heterocycles. The molecule has 3 unspecified atom stereocenters. The number of rotatable bonds is 5. The van der Waals surface area contributed by atoms with Gasteiger partial charge in [0.1, 0.15) is 6.04 Å². The minimum absolute atomic E-state index is 0.0962. The summed E-state index contributed by atoms with van der Waals surface area (Å²) >= 11 is 0. The molecule has 25 heavy (non-hydrogen) atoms. The summed E-state index contributed by atoms with van der Waals surface area (Å²) in [6, 6.07) is 19.8. The number of nitrogens with one attached hydrogen (secondary N) is 3. The zero-order valence-electron chi connectivity index (χ0n) is 14.1. The lowest BCUT2D eigenvalue weighted by Gasteiger charge is -2.17. The third kappa shape index (κ3) is 4.41. The van der Waals surface area contributed by atoms with Crippen molar-refractivity contribution in [1.29, 1.82) is 0 Å². The predicted molar refractivity (Wildman–Crippen MR) is 101 cm³/mol. The van der Waals surface area contributed by atoms with E-state index in [1.807, 2.05) is 61.5 Å². The van der Waals surface area contributed by atoms with Crippen LogP contribution < -0.4 is 16.3 Å². The normalized spacial score (nSPS) is 23.3. The lowest BCUT2D eigenvalue weighted by atomic mass is 9.91. The SMILES string of the molecule is CC1C(C(=O)N/N=C/C=C/c2ccccc2)NNC1c1ccccc1. The van der Waals surface area contributed by atoms with Crippen molar-refractivity contribution in [3.8, 4) is 0 Å². The fourth-order valence-corrected chi connectivity index (χ4v) is 2.92.